The van der Waals surface area contributed by atoms with Crippen molar-refractivity contribution in [3.05, 3.63) is 90.5 Å². The van der Waals surface area contributed by atoms with Crippen molar-refractivity contribution in [2.45, 2.75) is 19.9 Å². The summed E-state index contributed by atoms with van der Waals surface area (Å²) in [4.78, 5) is 26.5. The van der Waals surface area contributed by atoms with Crippen LogP contribution in [0.15, 0.2) is 84.9 Å². The number of carbonyl (C=O) groups excluding carboxylic acids is 2. The lowest BCUT2D eigenvalue weighted by Crippen LogP contribution is -2.32. The molecule has 4 aromatic rings. The van der Waals surface area contributed by atoms with E-state index in [2.05, 4.69) is 16.0 Å². The fraction of sp³-hybridized carbons (Fsp3) is 0.172. The number of anilines is 4. The molecular weight excluding hydrogens is 486 g/mol. The largest absolute Gasteiger partial charge is 0.495 e. The Morgan fingerprint density at radius 2 is 1.59 bits per heavy atom. The quantitative estimate of drug-likeness (QED) is 0.202. The van der Waals surface area contributed by atoms with E-state index in [1.807, 2.05) is 78.9 Å². The molecule has 3 aromatic carbocycles. The number of methoxy groups -OCH3 is 1. The highest BCUT2D eigenvalue weighted by atomic mass is 32.1. The Morgan fingerprint density at radius 1 is 0.919 bits per heavy atom. The van der Waals surface area contributed by atoms with Gasteiger partial charge in [0.25, 0.3) is 0 Å². The molecule has 0 aliphatic heterocycles. The second-order valence-corrected chi connectivity index (χ2v) is 9.25. The lowest BCUT2D eigenvalue weighted by molar-refractivity contribution is -0.116. The van der Waals surface area contributed by atoms with Crippen LogP contribution < -0.4 is 20.7 Å². The number of carbonyl (C=O) groups is 2. The summed E-state index contributed by atoms with van der Waals surface area (Å²) in [5.41, 5.74) is 3.85. The van der Waals surface area contributed by atoms with Crippen LogP contribution in [0.25, 0.3) is 10.4 Å². The van der Waals surface area contributed by atoms with Crippen LogP contribution >= 0.6 is 11.3 Å². The van der Waals surface area contributed by atoms with Gasteiger partial charge in [0.05, 0.1) is 25.0 Å². The van der Waals surface area contributed by atoms with E-state index in [1.165, 1.54) is 11.3 Å². The molecule has 3 N–H and O–H groups in total. The highest BCUT2D eigenvalue weighted by Crippen LogP contribution is 2.36. The van der Waals surface area contributed by atoms with Gasteiger partial charge in [0, 0.05) is 16.3 Å². The molecule has 0 aliphatic rings. The molecule has 190 valence electrons. The van der Waals surface area contributed by atoms with Crippen LogP contribution in [-0.4, -0.2) is 31.6 Å². The number of benzene rings is 3. The van der Waals surface area contributed by atoms with E-state index in [-0.39, 0.29) is 12.5 Å². The van der Waals surface area contributed by atoms with Gasteiger partial charge in [0.1, 0.15) is 16.8 Å². The molecule has 1 aromatic heterocycles. The number of para-hydroxylation sites is 2. The molecule has 0 aliphatic carbocycles. The summed E-state index contributed by atoms with van der Waals surface area (Å²) in [6.07, 6.45) is 0. The summed E-state index contributed by atoms with van der Waals surface area (Å²) in [5.74, 6) is 0.0272. The average molecular weight is 516 g/mol. The van der Waals surface area contributed by atoms with Gasteiger partial charge in [0.2, 0.25) is 5.91 Å². The number of ether oxygens (including phenoxy) is 2. The molecule has 0 fully saturated rings. The van der Waals surface area contributed by atoms with E-state index in [4.69, 9.17) is 9.47 Å². The molecule has 1 unspecified atom stereocenters. The topological polar surface area (TPSA) is 88.7 Å². The first-order chi connectivity index (χ1) is 18.0. The van der Waals surface area contributed by atoms with Gasteiger partial charge in [-0.25, -0.2) is 4.79 Å². The smallest absolute Gasteiger partial charge is 0.341 e. The fourth-order valence-electron chi connectivity index (χ4n) is 3.68. The molecule has 0 spiro atoms. The second-order valence-electron chi connectivity index (χ2n) is 8.20. The van der Waals surface area contributed by atoms with Gasteiger partial charge >= 0.3 is 5.97 Å². The van der Waals surface area contributed by atoms with Crippen LogP contribution in [0, 0.1) is 0 Å². The van der Waals surface area contributed by atoms with Crippen LogP contribution in [0.4, 0.5) is 22.1 Å². The minimum atomic E-state index is -0.551. The summed E-state index contributed by atoms with van der Waals surface area (Å²) in [5, 5.41) is 9.91. The monoisotopic (exact) mass is 515 g/mol. The highest BCUT2D eigenvalue weighted by molar-refractivity contribution is 7.20. The van der Waals surface area contributed by atoms with E-state index >= 15 is 0 Å². The maximum Gasteiger partial charge on any atom is 0.341 e. The van der Waals surface area contributed by atoms with Gasteiger partial charge in [0.15, 0.2) is 0 Å². The Labute approximate surface area is 220 Å². The predicted octanol–water partition coefficient (Wildman–Crippen LogP) is 6.78. The normalized spacial score (nSPS) is 11.3. The third-order valence-corrected chi connectivity index (χ3v) is 6.67. The zero-order valence-corrected chi connectivity index (χ0v) is 21.7. The number of hydrogen-bond acceptors (Lipinski definition) is 7. The van der Waals surface area contributed by atoms with E-state index in [1.54, 1.807) is 27.0 Å². The fourth-order valence-corrected chi connectivity index (χ4v) is 4.73. The summed E-state index contributed by atoms with van der Waals surface area (Å²) >= 11 is 1.35. The first kappa shape index (κ1) is 25.8. The Morgan fingerprint density at radius 3 is 2.30 bits per heavy atom. The standard InChI is InChI=1S/C29H29N3O4S/c1-4-36-29(34)23-18-26(20-10-6-5-7-11-20)37-28(23)32-27(33)19(2)30-21-14-16-22(17-15-21)31-24-12-8-9-13-25(24)35-3/h5-19,30-31H,4H2,1-3H3,(H,32,33). The van der Waals surface area contributed by atoms with Crippen molar-refractivity contribution in [3.8, 4) is 16.2 Å². The summed E-state index contributed by atoms with van der Waals surface area (Å²) < 4.78 is 10.6. The Balaban J connectivity index is 1.44. The van der Waals surface area contributed by atoms with E-state index in [0.717, 1.165) is 33.3 Å². The van der Waals surface area contributed by atoms with Gasteiger partial charge < -0.3 is 25.4 Å². The number of nitrogens with one attached hydrogen (secondary N) is 3. The summed E-state index contributed by atoms with van der Waals surface area (Å²) in [6.45, 7) is 3.78. The highest BCUT2D eigenvalue weighted by Gasteiger charge is 2.22. The van der Waals surface area contributed by atoms with Crippen molar-refractivity contribution in [1.82, 2.24) is 0 Å². The van der Waals surface area contributed by atoms with Crippen LogP contribution in [0.5, 0.6) is 5.75 Å². The van der Waals surface area contributed by atoms with Gasteiger partial charge in [-0.2, -0.15) is 0 Å². The van der Waals surface area contributed by atoms with Crippen LogP contribution in [0.3, 0.4) is 0 Å². The number of esters is 1. The van der Waals surface area contributed by atoms with Gasteiger partial charge in [-0.3, -0.25) is 4.79 Å². The zero-order chi connectivity index (χ0) is 26.2. The number of amides is 1. The third-order valence-electron chi connectivity index (χ3n) is 5.57. The molecular formula is C29H29N3O4S. The molecule has 0 bridgehead atoms. The first-order valence-electron chi connectivity index (χ1n) is 11.9. The maximum atomic E-state index is 13.0. The SMILES string of the molecule is CCOC(=O)c1cc(-c2ccccc2)sc1NC(=O)C(C)Nc1ccc(Nc2ccccc2OC)cc1. The Kier molecular flexibility index (Phi) is 8.43. The zero-order valence-electron chi connectivity index (χ0n) is 20.9. The van der Waals surface area contributed by atoms with Crippen molar-refractivity contribution in [3.63, 3.8) is 0 Å². The summed E-state index contributed by atoms with van der Waals surface area (Å²) in [7, 11) is 1.63. The van der Waals surface area contributed by atoms with Crippen LogP contribution in [-0.2, 0) is 9.53 Å². The van der Waals surface area contributed by atoms with Crippen molar-refractivity contribution < 1.29 is 19.1 Å². The summed E-state index contributed by atoms with van der Waals surface area (Å²) in [6, 6.07) is 26.2. The number of thiophene rings is 1. The molecule has 8 heteroatoms. The lowest BCUT2D eigenvalue weighted by atomic mass is 10.1. The molecule has 1 heterocycles. The molecule has 0 radical (unpaired) electrons. The van der Waals surface area contributed by atoms with Gasteiger partial charge in [-0.15, -0.1) is 11.3 Å². The van der Waals surface area contributed by atoms with E-state index in [0.29, 0.717) is 10.6 Å². The molecule has 37 heavy (non-hydrogen) atoms. The first-order valence-corrected chi connectivity index (χ1v) is 12.7. The Bertz CT molecular complexity index is 1350. The molecule has 7 nitrogen and oxygen atoms in total. The number of rotatable bonds is 10. The Hall–Kier alpha value is -4.30. The molecule has 4 rings (SSSR count). The minimum absolute atomic E-state index is 0.253. The van der Waals surface area contributed by atoms with Crippen LogP contribution in [0.1, 0.15) is 24.2 Å². The van der Waals surface area contributed by atoms with Crippen molar-refractivity contribution in [2.75, 3.05) is 29.7 Å². The predicted molar refractivity (Wildman–Crippen MR) is 150 cm³/mol. The van der Waals surface area contributed by atoms with Crippen molar-refractivity contribution in [1.29, 1.82) is 0 Å². The van der Waals surface area contributed by atoms with E-state index < -0.39 is 12.0 Å². The van der Waals surface area contributed by atoms with Crippen molar-refractivity contribution >= 4 is 45.3 Å². The lowest BCUT2D eigenvalue weighted by Gasteiger charge is -2.16. The number of hydrogen-bond donors (Lipinski definition) is 3. The van der Waals surface area contributed by atoms with Gasteiger partial charge in [-0.05, 0) is 61.9 Å². The average Bonchev–Trinajstić information content (AvgIpc) is 3.34. The van der Waals surface area contributed by atoms with Crippen LogP contribution in [0.2, 0.25) is 0 Å². The van der Waals surface area contributed by atoms with E-state index in [9.17, 15) is 9.59 Å². The maximum absolute atomic E-state index is 13.0. The van der Waals surface area contributed by atoms with Crippen molar-refractivity contribution in [2.24, 2.45) is 0 Å². The van der Waals surface area contributed by atoms with Gasteiger partial charge in [-0.1, -0.05) is 42.5 Å². The molecule has 1 amide bonds. The second kappa shape index (κ2) is 12.1. The molecule has 0 saturated heterocycles. The molecule has 0 saturated carbocycles. The minimum Gasteiger partial charge on any atom is -0.495 e. The molecule has 1 atom stereocenters. The third kappa shape index (κ3) is 6.48.